The summed E-state index contributed by atoms with van der Waals surface area (Å²) in [7, 11) is 0. The minimum atomic E-state index is -0.856. The van der Waals surface area contributed by atoms with Gasteiger partial charge in [-0.1, -0.05) is 12.1 Å². The number of nitrogens with one attached hydrogen (secondary N) is 1. The molecule has 19 heavy (non-hydrogen) atoms. The van der Waals surface area contributed by atoms with Gasteiger partial charge < -0.3 is 10.7 Å². The van der Waals surface area contributed by atoms with Crippen LogP contribution >= 0.6 is 0 Å². The molecular weight excluding hydrogens is 242 g/mol. The fourth-order valence-corrected chi connectivity index (χ4v) is 1.75. The maximum Gasteiger partial charge on any atom is 0.259 e. The van der Waals surface area contributed by atoms with E-state index >= 15 is 0 Å². The lowest BCUT2D eigenvalue weighted by Gasteiger charge is -2.01. The Morgan fingerprint density at radius 2 is 2.16 bits per heavy atom. The quantitative estimate of drug-likeness (QED) is 0.621. The molecule has 0 atom stereocenters. The topological polar surface area (TPSA) is 99.7 Å². The molecule has 0 unspecified atom stereocenters. The molecule has 0 fully saturated rings. The predicted octanol–water partition coefficient (Wildman–Crippen LogP) is 1.23. The van der Waals surface area contributed by atoms with Crippen molar-refractivity contribution in [1.82, 2.24) is 4.98 Å². The highest BCUT2D eigenvalue weighted by Crippen LogP contribution is 2.14. The van der Waals surface area contributed by atoms with Crippen LogP contribution in [0.15, 0.2) is 34.6 Å². The van der Waals surface area contributed by atoms with E-state index in [9.17, 15) is 9.59 Å². The van der Waals surface area contributed by atoms with Crippen LogP contribution in [-0.2, 0) is 4.79 Å². The summed E-state index contributed by atoms with van der Waals surface area (Å²) >= 11 is 0. The lowest BCUT2D eigenvalue weighted by Crippen LogP contribution is -2.14. The van der Waals surface area contributed by atoms with Gasteiger partial charge in [0.2, 0.25) is 0 Å². The van der Waals surface area contributed by atoms with Crippen LogP contribution in [-0.4, -0.2) is 10.9 Å². The molecule has 2 aromatic rings. The van der Waals surface area contributed by atoms with E-state index in [2.05, 4.69) is 4.98 Å². The Kier molecular flexibility index (Phi) is 3.17. The highest BCUT2D eigenvalue weighted by Gasteiger charge is 2.06. The van der Waals surface area contributed by atoms with Crippen LogP contribution in [0.2, 0.25) is 0 Å². The highest BCUT2D eigenvalue weighted by molar-refractivity contribution is 6.00. The number of carbonyl (C=O) groups excluding carboxylic acids is 1. The van der Waals surface area contributed by atoms with Gasteiger partial charge in [0, 0.05) is 11.1 Å². The van der Waals surface area contributed by atoms with Gasteiger partial charge >= 0.3 is 0 Å². The van der Waals surface area contributed by atoms with E-state index in [0.29, 0.717) is 5.52 Å². The number of nitrogens with two attached hydrogens (primary N) is 1. The molecule has 5 nitrogen and oxygen atoms in total. The highest BCUT2D eigenvalue weighted by atomic mass is 16.1. The molecule has 0 aliphatic rings. The Morgan fingerprint density at radius 1 is 1.42 bits per heavy atom. The van der Waals surface area contributed by atoms with Gasteiger partial charge in [-0.05, 0) is 36.1 Å². The SMILES string of the molecule is Cc1ccc2cc(C=C(C#N)C(N)=O)c(=O)[nH]c2c1. The predicted molar refractivity (Wildman–Crippen MR) is 72.1 cm³/mol. The van der Waals surface area contributed by atoms with Crippen molar-refractivity contribution >= 4 is 22.9 Å². The average Bonchev–Trinajstić information content (AvgIpc) is 2.35. The lowest BCUT2D eigenvalue weighted by molar-refractivity contribution is -0.114. The molecule has 0 saturated heterocycles. The summed E-state index contributed by atoms with van der Waals surface area (Å²) in [4.78, 5) is 25.5. The number of rotatable bonds is 2. The molecule has 3 N–H and O–H groups in total. The molecule has 0 spiro atoms. The zero-order valence-electron chi connectivity index (χ0n) is 10.2. The Balaban J connectivity index is 2.67. The van der Waals surface area contributed by atoms with Gasteiger partial charge in [-0.15, -0.1) is 0 Å². The summed E-state index contributed by atoms with van der Waals surface area (Å²) in [5.74, 6) is -0.856. The van der Waals surface area contributed by atoms with Crippen molar-refractivity contribution in [3.05, 3.63) is 51.3 Å². The molecule has 0 aliphatic carbocycles. The third kappa shape index (κ3) is 2.53. The zero-order chi connectivity index (χ0) is 14.0. The van der Waals surface area contributed by atoms with Crippen LogP contribution in [0, 0.1) is 18.3 Å². The summed E-state index contributed by atoms with van der Waals surface area (Å²) in [6, 6.07) is 8.90. The number of nitriles is 1. The van der Waals surface area contributed by atoms with Crippen molar-refractivity contribution in [2.45, 2.75) is 6.92 Å². The zero-order valence-corrected chi connectivity index (χ0v) is 10.2. The summed E-state index contributed by atoms with van der Waals surface area (Å²) in [6.07, 6.45) is 1.19. The smallest absolute Gasteiger partial charge is 0.259 e. The Hall–Kier alpha value is -2.87. The number of benzene rings is 1. The average molecular weight is 253 g/mol. The number of aromatic nitrogens is 1. The number of fused-ring (bicyclic) bond motifs is 1. The third-order valence-electron chi connectivity index (χ3n) is 2.72. The molecule has 94 valence electrons. The summed E-state index contributed by atoms with van der Waals surface area (Å²) in [6.45, 7) is 1.92. The van der Waals surface area contributed by atoms with E-state index in [0.717, 1.165) is 10.9 Å². The van der Waals surface area contributed by atoms with Crippen molar-refractivity contribution in [1.29, 1.82) is 5.26 Å². The number of aromatic amines is 1. The van der Waals surface area contributed by atoms with Crippen LogP contribution < -0.4 is 11.3 Å². The van der Waals surface area contributed by atoms with E-state index in [4.69, 9.17) is 11.0 Å². The first-order chi connectivity index (χ1) is 9.01. The molecule has 0 aliphatic heterocycles. The fourth-order valence-electron chi connectivity index (χ4n) is 1.75. The maximum absolute atomic E-state index is 11.9. The molecule has 1 amide bonds. The van der Waals surface area contributed by atoms with Crippen molar-refractivity contribution in [2.75, 3.05) is 0 Å². The van der Waals surface area contributed by atoms with E-state index in [-0.39, 0.29) is 16.7 Å². The molecule has 0 bridgehead atoms. The number of hydrogen-bond donors (Lipinski definition) is 2. The number of H-pyrrole nitrogens is 1. The first-order valence-electron chi connectivity index (χ1n) is 5.56. The molecule has 2 rings (SSSR count). The van der Waals surface area contributed by atoms with Crippen LogP contribution in [0.5, 0.6) is 0 Å². The van der Waals surface area contributed by atoms with Gasteiger partial charge in [0.1, 0.15) is 11.6 Å². The third-order valence-corrected chi connectivity index (χ3v) is 2.72. The molecule has 1 aromatic carbocycles. The number of pyridine rings is 1. The van der Waals surface area contributed by atoms with Crippen LogP contribution in [0.1, 0.15) is 11.1 Å². The standard InChI is InChI=1S/C14H11N3O2/c1-8-2-3-9-5-10(6-11(7-15)13(16)18)14(19)17-12(9)4-8/h2-6H,1H3,(H2,16,18)(H,17,19). The lowest BCUT2D eigenvalue weighted by atomic mass is 10.1. The van der Waals surface area contributed by atoms with Crippen molar-refractivity contribution in [3.8, 4) is 6.07 Å². The molecular formula is C14H11N3O2. The maximum atomic E-state index is 11.9. The fraction of sp³-hybridized carbons (Fsp3) is 0.0714. The minimum absolute atomic E-state index is 0.228. The van der Waals surface area contributed by atoms with E-state index < -0.39 is 5.91 Å². The second-order valence-corrected chi connectivity index (χ2v) is 4.18. The molecule has 5 heteroatoms. The van der Waals surface area contributed by atoms with E-state index in [1.165, 1.54) is 6.08 Å². The monoisotopic (exact) mass is 253 g/mol. The second kappa shape index (κ2) is 4.78. The number of hydrogen-bond acceptors (Lipinski definition) is 3. The molecule has 0 radical (unpaired) electrons. The second-order valence-electron chi connectivity index (χ2n) is 4.18. The van der Waals surface area contributed by atoms with Crippen molar-refractivity contribution in [3.63, 3.8) is 0 Å². The van der Waals surface area contributed by atoms with Gasteiger partial charge in [0.25, 0.3) is 11.5 Å². The van der Waals surface area contributed by atoms with Crippen LogP contribution in [0.4, 0.5) is 0 Å². The van der Waals surface area contributed by atoms with Gasteiger partial charge in [0.05, 0.1) is 0 Å². The number of nitrogens with zero attached hydrogens (tertiary/aromatic N) is 1. The van der Waals surface area contributed by atoms with E-state index in [1.54, 1.807) is 12.1 Å². The van der Waals surface area contributed by atoms with Crippen molar-refractivity contribution in [2.24, 2.45) is 5.73 Å². The number of amides is 1. The molecule has 1 heterocycles. The summed E-state index contributed by atoms with van der Waals surface area (Å²) in [5, 5.41) is 9.58. The number of carbonyl (C=O) groups is 1. The van der Waals surface area contributed by atoms with Crippen LogP contribution in [0.3, 0.4) is 0 Å². The number of aryl methyl sites for hydroxylation is 1. The first kappa shape index (κ1) is 12.6. The van der Waals surface area contributed by atoms with Gasteiger partial charge in [0.15, 0.2) is 0 Å². The van der Waals surface area contributed by atoms with Gasteiger partial charge in [-0.25, -0.2) is 0 Å². The largest absolute Gasteiger partial charge is 0.365 e. The Morgan fingerprint density at radius 3 is 2.79 bits per heavy atom. The first-order valence-corrected chi connectivity index (χ1v) is 5.56. The Bertz CT molecular complexity index is 794. The van der Waals surface area contributed by atoms with Gasteiger partial charge in [-0.3, -0.25) is 9.59 Å². The minimum Gasteiger partial charge on any atom is -0.365 e. The number of primary amides is 1. The molecule has 0 saturated carbocycles. The van der Waals surface area contributed by atoms with Crippen molar-refractivity contribution < 1.29 is 4.79 Å². The Labute approximate surface area is 109 Å². The summed E-state index contributed by atoms with van der Waals surface area (Å²) < 4.78 is 0. The van der Waals surface area contributed by atoms with Crippen LogP contribution in [0.25, 0.3) is 17.0 Å². The van der Waals surface area contributed by atoms with Gasteiger partial charge in [-0.2, -0.15) is 5.26 Å². The molecule has 1 aromatic heterocycles. The normalized spacial score (nSPS) is 11.3. The van der Waals surface area contributed by atoms with E-state index in [1.807, 2.05) is 25.1 Å². The summed E-state index contributed by atoms with van der Waals surface area (Å²) in [5.41, 5.74) is 6.38.